The first-order valence-corrected chi connectivity index (χ1v) is 17.2. The summed E-state index contributed by atoms with van der Waals surface area (Å²) in [6, 6.07) is 29.6. The Morgan fingerprint density at radius 2 is 1.48 bits per heavy atom. The highest BCUT2D eigenvalue weighted by atomic mass is 28.4. The fraction of sp³-hybridized carbons (Fsp3) is 0.429. The SMILES string of the molecule is COC(=O)[C@H]1OC[C@@]2(O)[C@H](O1)[C@@H](OC(C)=O)[C@@H](OCc1ccccc1)O[C@@H]2CO[Si](c1ccccc1)(c1ccccc1)C(C)(C)C. The summed E-state index contributed by atoms with van der Waals surface area (Å²) in [5.74, 6) is -1.44. The van der Waals surface area contributed by atoms with E-state index in [1.165, 1.54) is 14.0 Å². The predicted octanol–water partition coefficient (Wildman–Crippen LogP) is 3.08. The van der Waals surface area contributed by atoms with Crippen LogP contribution in [0.1, 0.15) is 33.3 Å². The molecule has 11 heteroatoms. The Morgan fingerprint density at radius 1 is 0.913 bits per heavy atom. The van der Waals surface area contributed by atoms with Crippen molar-refractivity contribution in [1.82, 2.24) is 0 Å². The van der Waals surface area contributed by atoms with Crippen molar-refractivity contribution in [3.8, 4) is 0 Å². The summed E-state index contributed by atoms with van der Waals surface area (Å²) < 4.78 is 42.0. The predicted molar refractivity (Wildman–Crippen MR) is 171 cm³/mol. The van der Waals surface area contributed by atoms with Crippen molar-refractivity contribution in [2.75, 3.05) is 20.3 Å². The highest BCUT2D eigenvalue weighted by Crippen LogP contribution is 2.41. The molecule has 0 aromatic heterocycles. The van der Waals surface area contributed by atoms with Crippen LogP contribution in [0.25, 0.3) is 0 Å². The maximum atomic E-state index is 12.5. The largest absolute Gasteiger partial charge is 0.465 e. The molecule has 2 saturated heterocycles. The summed E-state index contributed by atoms with van der Waals surface area (Å²) in [4.78, 5) is 24.8. The zero-order chi connectivity index (χ0) is 33.0. The van der Waals surface area contributed by atoms with Crippen molar-refractivity contribution in [2.24, 2.45) is 0 Å². The second-order valence-electron chi connectivity index (χ2n) is 12.6. The Balaban J connectivity index is 1.54. The fourth-order valence-electron chi connectivity index (χ4n) is 6.28. The lowest BCUT2D eigenvalue weighted by molar-refractivity contribution is -0.390. The molecule has 0 amide bonds. The molecule has 2 aliphatic rings. The summed E-state index contributed by atoms with van der Waals surface area (Å²) in [6.45, 7) is 7.33. The average Bonchev–Trinajstić information content (AvgIpc) is 3.05. The molecule has 0 radical (unpaired) electrons. The molecule has 0 saturated carbocycles. The second kappa shape index (κ2) is 14.1. The van der Waals surface area contributed by atoms with E-state index in [1.54, 1.807) is 0 Å². The third kappa shape index (κ3) is 6.81. The van der Waals surface area contributed by atoms with Crippen molar-refractivity contribution in [2.45, 2.75) is 75.8 Å². The summed E-state index contributed by atoms with van der Waals surface area (Å²) in [7, 11) is -1.87. The molecule has 46 heavy (non-hydrogen) atoms. The number of rotatable bonds is 10. The Kier molecular flexibility index (Phi) is 10.4. The quantitative estimate of drug-likeness (QED) is 0.259. The van der Waals surface area contributed by atoms with E-state index in [2.05, 4.69) is 45.0 Å². The normalized spacial score (nSPS) is 26.5. The van der Waals surface area contributed by atoms with E-state index < -0.39 is 56.7 Å². The third-order valence-corrected chi connectivity index (χ3v) is 13.5. The number of hydrogen-bond acceptors (Lipinski definition) is 10. The first-order chi connectivity index (χ1) is 22.0. The van der Waals surface area contributed by atoms with Gasteiger partial charge in [-0.15, -0.1) is 0 Å². The number of benzene rings is 3. The lowest BCUT2D eigenvalue weighted by Gasteiger charge is -2.54. The van der Waals surface area contributed by atoms with Crippen molar-refractivity contribution < 1.29 is 47.5 Å². The van der Waals surface area contributed by atoms with Gasteiger partial charge in [-0.2, -0.15) is 0 Å². The molecule has 3 aromatic carbocycles. The molecule has 2 aliphatic heterocycles. The van der Waals surface area contributed by atoms with Gasteiger partial charge in [-0.05, 0) is 21.0 Å². The van der Waals surface area contributed by atoms with Crippen molar-refractivity contribution in [3.05, 3.63) is 96.6 Å². The van der Waals surface area contributed by atoms with Crippen LogP contribution in [0.5, 0.6) is 0 Å². The number of carbonyl (C=O) groups is 2. The number of aliphatic hydroxyl groups is 1. The van der Waals surface area contributed by atoms with Crippen LogP contribution in [-0.4, -0.2) is 82.2 Å². The van der Waals surface area contributed by atoms with E-state index >= 15 is 0 Å². The lowest BCUT2D eigenvalue weighted by Crippen LogP contribution is -2.75. The van der Waals surface area contributed by atoms with Gasteiger partial charge in [0.15, 0.2) is 12.4 Å². The maximum Gasteiger partial charge on any atom is 0.363 e. The number of hydrogen-bond donors (Lipinski definition) is 1. The van der Waals surface area contributed by atoms with Crippen LogP contribution in [0.2, 0.25) is 5.04 Å². The van der Waals surface area contributed by atoms with Crippen LogP contribution in [0, 0.1) is 0 Å². The van der Waals surface area contributed by atoms with E-state index in [0.717, 1.165) is 15.9 Å². The van der Waals surface area contributed by atoms with Crippen LogP contribution in [0.15, 0.2) is 91.0 Å². The summed E-state index contributed by atoms with van der Waals surface area (Å²) in [6.07, 6.45) is -6.24. The monoisotopic (exact) mass is 650 g/mol. The number of esters is 2. The molecule has 2 fully saturated rings. The summed E-state index contributed by atoms with van der Waals surface area (Å²) in [5, 5.41) is 14.0. The van der Waals surface area contributed by atoms with Crippen LogP contribution in [0.3, 0.4) is 0 Å². The standard InChI is InChI=1S/C35H42O10Si/c1-24(36)43-29-30-35(38,23-41-33(45-30)31(37)39-5)28(44-32(29)40-21-25-15-9-6-10-16-25)22-42-46(34(2,3)4,26-17-11-7-12-18-26)27-19-13-8-14-20-27/h6-20,28-30,32-33,38H,21-23H2,1-5H3/t28-,29-,30-,32+,33+,35+/m1/s1. The molecule has 0 aliphatic carbocycles. The first-order valence-electron chi connectivity index (χ1n) is 15.3. The van der Waals surface area contributed by atoms with Gasteiger partial charge in [0.2, 0.25) is 0 Å². The van der Waals surface area contributed by atoms with Gasteiger partial charge in [-0.3, -0.25) is 4.79 Å². The van der Waals surface area contributed by atoms with Crippen molar-refractivity contribution in [1.29, 1.82) is 0 Å². The van der Waals surface area contributed by atoms with E-state index in [4.69, 9.17) is 32.8 Å². The van der Waals surface area contributed by atoms with Gasteiger partial charge in [-0.1, -0.05) is 112 Å². The molecular weight excluding hydrogens is 608 g/mol. The van der Waals surface area contributed by atoms with Crippen molar-refractivity contribution >= 4 is 30.6 Å². The molecule has 0 bridgehead atoms. The van der Waals surface area contributed by atoms with Crippen LogP contribution in [-0.2, 0) is 49.0 Å². The van der Waals surface area contributed by atoms with Gasteiger partial charge in [0, 0.05) is 6.92 Å². The fourth-order valence-corrected chi connectivity index (χ4v) is 10.8. The highest BCUT2D eigenvalue weighted by molar-refractivity contribution is 6.99. The minimum atomic E-state index is -3.07. The Bertz CT molecular complexity index is 1410. The van der Waals surface area contributed by atoms with Gasteiger partial charge < -0.3 is 38.0 Å². The number of methoxy groups -OCH3 is 1. The Hall–Kier alpha value is -3.42. The Labute approximate surface area is 270 Å². The van der Waals surface area contributed by atoms with Crippen LogP contribution >= 0.6 is 0 Å². The smallest absolute Gasteiger partial charge is 0.363 e. The molecule has 1 N–H and O–H groups in total. The molecule has 0 spiro atoms. The molecule has 246 valence electrons. The van der Waals surface area contributed by atoms with Gasteiger partial charge in [-0.25, -0.2) is 4.79 Å². The molecular formula is C35H42O10Si. The molecule has 2 heterocycles. The lowest BCUT2D eigenvalue weighted by atomic mass is 9.84. The molecule has 10 nitrogen and oxygen atoms in total. The van der Waals surface area contributed by atoms with E-state index in [-0.39, 0.29) is 24.9 Å². The zero-order valence-electron chi connectivity index (χ0n) is 26.8. The second-order valence-corrected chi connectivity index (χ2v) is 16.9. The van der Waals surface area contributed by atoms with Crippen LogP contribution < -0.4 is 10.4 Å². The van der Waals surface area contributed by atoms with E-state index in [1.807, 2.05) is 66.7 Å². The molecule has 5 rings (SSSR count). The molecule has 3 aromatic rings. The maximum absolute atomic E-state index is 12.5. The van der Waals surface area contributed by atoms with Gasteiger partial charge in [0.1, 0.15) is 17.8 Å². The summed E-state index contributed by atoms with van der Waals surface area (Å²) in [5.41, 5.74) is -1.04. The number of ether oxygens (including phenoxy) is 6. The van der Waals surface area contributed by atoms with Gasteiger partial charge >= 0.3 is 11.9 Å². The van der Waals surface area contributed by atoms with Gasteiger partial charge in [0.25, 0.3) is 14.6 Å². The third-order valence-electron chi connectivity index (χ3n) is 8.47. The number of fused-ring (bicyclic) bond motifs is 1. The Morgan fingerprint density at radius 3 is 2.00 bits per heavy atom. The molecule has 0 unspecified atom stereocenters. The van der Waals surface area contributed by atoms with Crippen LogP contribution in [0.4, 0.5) is 0 Å². The minimum absolute atomic E-state index is 0.0894. The summed E-state index contributed by atoms with van der Waals surface area (Å²) >= 11 is 0. The van der Waals surface area contributed by atoms with Crippen molar-refractivity contribution in [3.63, 3.8) is 0 Å². The van der Waals surface area contributed by atoms with Gasteiger partial charge in [0.05, 0.1) is 26.9 Å². The highest BCUT2D eigenvalue weighted by Gasteiger charge is 2.63. The first kappa shape index (κ1) is 33.9. The molecule has 6 atom stereocenters. The topological polar surface area (TPSA) is 119 Å². The number of carbonyl (C=O) groups excluding carboxylic acids is 2. The van der Waals surface area contributed by atoms with E-state index in [9.17, 15) is 14.7 Å². The minimum Gasteiger partial charge on any atom is -0.465 e. The zero-order valence-corrected chi connectivity index (χ0v) is 27.8. The van der Waals surface area contributed by atoms with E-state index in [0.29, 0.717) is 0 Å². The average molecular weight is 651 g/mol.